The zero-order chi connectivity index (χ0) is 13.2. The minimum absolute atomic E-state index is 0.0927. The van der Waals surface area contributed by atoms with Gasteiger partial charge in [0.15, 0.2) is 0 Å². The summed E-state index contributed by atoms with van der Waals surface area (Å²) in [6.45, 7) is 0.409. The summed E-state index contributed by atoms with van der Waals surface area (Å²) in [5, 5.41) is 9.03. The van der Waals surface area contributed by atoms with Gasteiger partial charge in [0, 0.05) is 12.4 Å². The number of hydrogen-bond donors (Lipinski definition) is 1. The number of benzene rings is 1. The molecule has 0 aliphatic heterocycles. The number of aliphatic carboxylic acids is 1. The van der Waals surface area contributed by atoms with Gasteiger partial charge in [-0.25, -0.2) is 9.97 Å². The number of carboxylic acids is 1. The van der Waals surface area contributed by atoms with Gasteiger partial charge in [-0.1, -0.05) is 12.1 Å². The first kappa shape index (κ1) is 11.5. The van der Waals surface area contributed by atoms with Gasteiger partial charge in [0.1, 0.15) is 12.4 Å². The highest BCUT2D eigenvalue weighted by atomic mass is 16.4. The van der Waals surface area contributed by atoms with Crippen LogP contribution < -0.4 is 0 Å². The average molecular weight is 256 g/mol. The van der Waals surface area contributed by atoms with Crippen LogP contribution in [0.2, 0.25) is 0 Å². The van der Waals surface area contributed by atoms with E-state index in [1.807, 2.05) is 35.0 Å². The smallest absolute Gasteiger partial charge is 0.323 e. The van der Waals surface area contributed by atoms with Crippen LogP contribution in [-0.4, -0.2) is 30.2 Å². The number of fused-ring (bicyclic) bond motifs is 1. The van der Waals surface area contributed by atoms with Crippen molar-refractivity contribution in [2.45, 2.75) is 13.1 Å². The summed E-state index contributed by atoms with van der Waals surface area (Å²) in [5.41, 5.74) is 1.64. The van der Waals surface area contributed by atoms with Crippen molar-refractivity contribution in [3.05, 3.63) is 48.8 Å². The van der Waals surface area contributed by atoms with Gasteiger partial charge in [-0.3, -0.25) is 4.79 Å². The maximum Gasteiger partial charge on any atom is 0.323 e. The maximum atomic E-state index is 11.0. The molecule has 0 bridgehead atoms. The molecule has 0 amide bonds. The lowest BCUT2D eigenvalue weighted by molar-refractivity contribution is -0.137. The molecule has 0 atom stereocenters. The second-order valence-electron chi connectivity index (χ2n) is 4.23. The standard InChI is InChI=1S/C13H12N4O2/c18-13(19)8-17-11-4-2-1-3-10(11)15-12(17)7-16-6-5-14-9-16/h1-6,9H,7-8H2,(H,18,19). The molecule has 1 N–H and O–H groups in total. The number of nitrogens with zero attached hydrogens (tertiary/aromatic N) is 4. The van der Waals surface area contributed by atoms with Gasteiger partial charge < -0.3 is 14.2 Å². The van der Waals surface area contributed by atoms with Gasteiger partial charge in [0.2, 0.25) is 0 Å². The highest BCUT2D eigenvalue weighted by Crippen LogP contribution is 2.16. The molecule has 6 heteroatoms. The molecule has 3 rings (SSSR count). The van der Waals surface area contributed by atoms with E-state index in [-0.39, 0.29) is 6.54 Å². The summed E-state index contributed by atoms with van der Waals surface area (Å²) in [6.07, 6.45) is 5.19. The van der Waals surface area contributed by atoms with Gasteiger partial charge >= 0.3 is 5.97 Å². The number of aromatic nitrogens is 4. The van der Waals surface area contributed by atoms with Crippen LogP contribution in [-0.2, 0) is 17.9 Å². The predicted molar refractivity (Wildman–Crippen MR) is 68.7 cm³/mol. The minimum Gasteiger partial charge on any atom is -0.480 e. The monoisotopic (exact) mass is 256 g/mol. The molecule has 0 aliphatic carbocycles. The average Bonchev–Trinajstić information content (AvgIpc) is 2.99. The van der Waals surface area contributed by atoms with Crippen molar-refractivity contribution in [2.75, 3.05) is 0 Å². The summed E-state index contributed by atoms with van der Waals surface area (Å²) in [5.74, 6) is -0.170. The van der Waals surface area contributed by atoms with Crippen LogP contribution in [0.15, 0.2) is 43.0 Å². The van der Waals surface area contributed by atoms with Crippen molar-refractivity contribution in [3.8, 4) is 0 Å². The lowest BCUT2D eigenvalue weighted by atomic mass is 10.3. The number of carbonyl (C=O) groups is 1. The molecule has 96 valence electrons. The Morgan fingerprint density at radius 1 is 1.32 bits per heavy atom. The van der Waals surface area contributed by atoms with E-state index < -0.39 is 5.97 Å². The number of hydrogen-bond acceptors (Lipinski definition) is 3. The van der Waals surface area contributed by atoms with Crippen molar-refractivity contribution in [2.24, 2.45) is 0 Å². The van der Waals surface area contributed by atoms with E-state index in [4.69, 9.17) is 5.11 Å². The summed E-state index contributed by atoms with van der Waals surface area (Å²) in [7, 11) is 0. The first-order valence-electron chi connectivity index (χ1n) is 5.86. The van der Waals surface area contributed by atoms with Gasteiger partial charge in [0.05, 0.1) is 23.9 Å². The van der Waals surface area contributed by atoms with E-state index in [0.717, 1.165) is 11.0 Å². The molecule has 19 heavy (non-hydrogen) atoms. The van der Waals surface area contributed by atoms with Crippen LogP contribution in [0.4, 0.5) is 0 Å². The Morgan fingerprint density at radius 3 is 2.89 bits per heavy atom. The Labute approximate surface area is 108 Å². The van der Waals surface area contributed by atoms with Crippen LogP contribution >= 0.6 is 0 Å². The number of para-hydroxylation sites is 2. The highest BCUT2D eigenvalue weighted by molar-refractivity contribution is 5.78. The van der Waals surface area contributed by atoms with Crippen molar-refractivity contribution >= 4 is 17.0 Å². The van der Waals surface area contributed by atoms with Crippen LogP contribution in [0.3, 0.4) is 0 Å². The SMILES string of the molecule is O=C(O)Cn1c(Cn2ccnc2)nc2ccccc21. The van der Waals surface area contributed by atoms with Crippen molar-refractivity contribution in [1.29, 1.82) is 0 Å². The van der Waals surface area contributed by atoms with Gasteiger partial charge in [-0.15, -0.1) is 0 Å². The molecule has 0 radical (unpaired) electrons. The number of rotatable bonds is 4. The molecule has 0 spiro atoms. The van der Waals surface area contributed by atoms with Gasteiger partial charge in [-0.05, 0) is 12.1 Å². The van der Waals surface area contributed by atoms with Crippen molar-refractivity contribution < 1.29 is 9.90 Å². The largest absolute Gasteiger partial charge is 0.480 e. The quantitative estimate of drug-likeness (QED) is 0.765. The normalized spacial score (nSPS) is 10.9. The zero-order valence-electron chi connectivity index (χ0n) is 10.1. The fourth-order valence-electron chi connectivity index (χ4n) is 2.10. The second kappa shape index (κ2) is 4.56. The topological polar surface area (TPSA) is 72.9 Å². The van der Waals surface area contributed by atoms with Gasteiger partial charge in [0.25, 0.3) is 0 Å². The van der Waals surface area contributed by atoms with Crippen LogP contribution in [0, 0.1) is 0 Å². The summed E-state index contributed by atoms with van der Waals surface area (Å²) in [4.78, 5) is 19.5. The Hall–Kier alpha value is -2.63. The van der Waals surface area contributed by atoms with E-state index >= 15 is 0 Å². The maximum absolute atomic E-state index is 11.0. The summed E-state index contributed by atoms with van der Waals surface area (Å²) < 4.78 is 3.58. The first-order chi connectivity index (χ1) is 9.24. The number of imidazole rings is 2. The minimum atomic E-state index is -0.880. The Balaban J connectivity index is 2.08. The third-order valence-corrected chi connectivity index (χ3v) is 2.91. The molecule has 0 saturated heterocycles. The Morgan fingerprint density at radius 2 is 2.16 bits per heavy atom. The molecule has 0 fully saturated rings. The molecule has 6 nitrogen and oxygen atoms in total. The van der Waals surface area contributed by atoms with Crippen LogP contribution in [0.5, 0.6) is 0 Å². The Kier molecular flexibility index (Phi) is 2.75. The van der Waals surface area contributed by atoms with E-state index in [1.54, 1.807) is 17.1 Å². The van der Waals surface area contributed by atoms with E-state index in [0.29, 0.717) is 12.4 Å². The van der Waals surface area contributed by atoms with E-state index in [1.165, 1.54) is 0 Å². The molecule has 2 aromatic heterocycles. The van der Waals surface area contributed by atoms with Crippen LogP contribution in [0.1, 0.15) is 5.82 Å². The summed E-state index contributed by atoms with van der Waals surface area (Å²) >= 11 is 0. The van der Waals surface area contributed by atoms with E-state index in [9.17, 15) is 4.79 Å². The molecule has 0 saturated carbocycles. The molecule has 3 aromatic rings. The van der Waals surface area contributed by atoms with Crippen molar-refractivity contribution in [1.82, 2.24) is 19.1 Å². The fraction of sp³-hybridized carbons (Fsp3) is 0.154. The molecule has 2 heterocycles. The van der Waals surface area contributed by atoms with Crippen LogP contribution in [0.25, 0.3) is 11.0 Å². The fourth-order valence-corrected chi connectivity index (χ4v) is 2.10. The lowest BCUT2D eigenvalue weighted by Crippen LogP contribution is -2.13. The molecule has 1 aromatic carbocycles. The highest BCUT2D eigenvalue weighted by Gasteiger charge is 2.12. The zero-order valence-corrected chi connectivity index (χ0v) is 10.1. The summed E-state index contributed by atoms with van der Waals surface area (Å²) in [6, 6.07) is 7.53. The first-order valence-corrected chi connectivity index (χ1v) is 5.86. The predicted octanol–water partition coefficient (Wildman–Crippen LogP) is 1.37. The molecule has 0 aliphatic rings. The third kappa shape index (κ3) is 2.20. The Bertz CT molecular complexity index is 715. The molecule has 0 unspecified atom stereocenters. The molecular weight excluding hydrogens is 244 g/mol. The van der Waals surface area contributed by atoms with Crippen molar-refractivity contribution in [3.63, 3.8) is 0 Å². The number of carboxylic acid groups (broad SMARTS) is 1. The second-order valence-corrected chi connectivity index (χ2v) is 4.23. The molecular formula is C13H12N4O2. The van der Waals surface area contributed by atoms with Gasteiger partial charge in [-0.2, -0.15) is 0 Å². The third-order valence-electron chi connectivity index (χ3n) is 2.91. The lowest BCUT2D eigenvalue weighted by Gasteiger charge is -2.06. The van der Waals surface area contributed by atoms with E-state index in [2.05, 4.69) is 9.97 Å².